The van der Waals surface area contributed by atoms with Crippen molar-refractivity contribution in [1.82, 2.24) is 0 Å². The highest BCUT2D eigenvalue weighted by molar-refractivity contribution is 6.01. The van der Waals surface area contributed by atoms with Crippen LogP contribution in [-0.2, 0) is 9.53 Å². The van der Waals surface area contributed by atoms with E-state index in [1.807, 2.05) is 6.92 Å². The van der Waals surface area contributed by atoms with Crippen LogP contribution in [0.1, 0.15) is 15.9 Å². The summed E-state index contributed by atoms with van der Waals surface area (Å²) in [5.41, 5.74) is 1.78. The van der Waals surface area contributed by atoms with Gasteiger partial charge < -0.3 is 28.7 Å². The Morgan fingerprint density at radius 3 is 2.41 bits per heavy atom. The summed E-state index contributed by atoms with van der Waals surface area (Å²) in [4.78, 5) is 38.2. The minimum atomic E-state index is -0.599. The Morgan fingerprint density at radius 2 is 1.68 bits per heavy atom. The summed E-state index contributed by atoms with van der Waals surface area (Å²) in [5.74, 6) is -0.269. The lowest BCUT2D eigenvalue weighted by molar-refractivity contribution is -0.118. The van der Waals surface area contributed by atoms with Crippen molar-refractivity contribution in [2.24, 2.45) is 0 Å². The largest absolute Gasteiger partial charge is 0.493 e. The fourth-order valence-corrected chi connectivity index (χ4v) is 3.79. The molecular formula is C28H25NO8. The van der Waals surface area contributed by atoms with Gasteiger partial charge in [0.05, 0.1) is 38.0 Å². The van der Waals surface area contributed by atoms with Crippen LogP contribution in [0.3, 0.4) is 0 Å². The standard InChI is InChI=1S/C28H25NO8/c1-16-9-11-19-22(13-16)37-26(17-10-12-21(33-2)23(14-17)34-3)27(25(19)31)36-15-24(30)29-20-8-6-5-7-18(20)28(32)35-4/h5-14H,15H2,1-4H3,(H,29,30). The van der Waals surface area contributed by atoms with E-state index < -0.39 is 23.9 Å². The molecule has 0 aliphatic heterocycles. The number of aryl methyl sites for hydroxylation is 1. The molecule has 190 valence electrons. The lowest BCUT2D eigenvalue weighted by Crippen LogP contribution is -2.23. The van der Waals surface area contributed by atoms with Gasteiger partial charge in [-0.25, -0.2) is 4.79 Å². The van der Waals surface area contributed by atoms with Gasteiger partial charge in [0.1, 0.15) is 5.58 Å². The van der Waals surface area contributed by atoms with E-state index in [4.69, 9.17) is 23.4 Å². The minimum Gasteiger partial charge on any atom is -0.493 e. The summed E-state index contributed by atoms with van der Waals surface area (Å²) in [6, 6.07) is 16.6. The molecule has 0 aliphatic carbocycles. The van der Waals surface area contributed by atoms with E-state index in [2.05, 4.69) is 5.32 Å². The highest BCUT2D eigenvalue weighted by atomic mass is 16.5. The maximum Gasteiger partial charge on any atom is 0.339 e. The molecule has 37 heavy (non-hydrogen) atoms. The number of rotatable bonds is 8. The molecule has 1 aromatic heterocycles. The first-order valence-electron chi connectivity index (χ1n) is 11.3. The Bertz CT molecular complexity index is 1540. The average Bonchev–Trinajstić information content (AvgIpc) is 2.91. The van der Waals surface area contributed by atoms with Crippen LogP contribution in [0.2, 0.25) is 0 Å². The van der Waals surface area contributed by atoms with Crippen LogP contribution < -0.4 is 25.0 Å². The van der Waals surface area contributed by atoms with Gasteiger partial charge in [0.25, 0.3) is 5.91 Å². The topological polar surface area (TPSA) is 113 Å². The molecule has 4 rings (SSSR count). The normalized spacial score (nSPS) is 10.6. The zero-order valence-corrected chi connectivity index (χ0v) is 20.7. The molecule has 0 saturated carbocycles. The number of esters is 1. The van der Waals surface area contributed by atoms with Gasteiger partial charge >= 0.3 is 5.97 Å². The highest BCUT2D eigenvalue weighted by Crippen LogP contribution is 2.36. The van der Waals surface area contributed by atoms with E-state index in [0.717, 1.165) is 5.56 Å². The molecule has 0 aliphatic rings. The molecular weight excluding hydrogens is 478 g/mol. The maximum atomic E-state index is 13.4. The molecule has 1 amide bonds. The van der Waals surface area contributed by atoms with Crippen molar-refractivity contribution in [2.45, 2.75) is 6.92 Å². The fourth-order valence-electron chi connectivity index (χ4n) is 3.79. The Kier molecular flexibility index (Phi) is 7.43. The number of nitrogens with one attached hydrogen (secondary N) is 1. The third-order valence-corrected chi connectivity index (χ3v) is 5.61. The van der Waals surface area contributed by atoms with E-state index in [1.54, 1.807) is 54.6 Å². The van der Waals surface area contributed by atoms with Crippen molar-refractivity contribution in [1.29, 1.82) is 0 Å². The van der Waals surface area contributed by atoms with Crippen LogP contribution in [0.5, 0.6) is 17.2 Å². The summed E-state index contributed by atoms with van der Waals surface area (Å²) in [7, 11) is 4.26. The molecule has 0 unspecified atom stereocenters. The molecule has 0 bridgehead atoms. The summed E-state index contributed by atoms with van der Waals surface area (Å²) < 4.78 is 27.3. The summed E-state index contributed by atoms with van der Waals surface area (Å²) in [5, 5.41) is 2.93. The van der Waals surface area contributed by atoms with Gasteiger partial charge in [-0.15, -0.1) is 0 Å². The molecule has 9 nitrogen and oxygen atoms in total. The van der Waals surface area contributed by atoms with Crippen LogP contribution in [0, 0.1) is 6.92 Å². The van der Waals surface area contributed by atoms with Crippen LogP contribution in [0.4, 0.5) is 5.69 Å². The van der Waals surface area contributed by atoms with Crippen molar-refractivity contribution >= 4 is 28.5 Å². The smallest absolute Gasteiger partial charge is 0.339 e. The minimum absolute atomic E-state index is 0.131. The molecule has 0 spiro atoms. The number of fused-ring (bicyclic) bond motifs is 1. The number of hydrogen-bond donors (Lipinski definition) is 1. The van der Waals surface area contributed by atoms with Crippen LogP contribution in [0.15, 0.2) is 69.9 Å². The Morgan fingerprint density at radius 1 is 0.919 bits per heavy atom. The van der Waals surface area contributed by atoms with E-state index in [1.165, 1.54) is 27.4 Å². The fraction of sp³-hybridized carbons (Fsp3) is 0.179. The zero-order chi connectivity index (χ0) is 26.5. The van der Waals surface area contributed by atoms with Gasteiger partial charge in [-0.05, 0) is 55.0 Å². The second kappa shape index (κ2) is 10.9. The number of ether oxygens (including phenoxy) is 4. The molecule has 0 radical (unpaired) electrons. The van der Waals surface area contributed by atoms with E-state index in [-0.39, 0.29) is 22.8 Å². The summed E-state index contributed by atoms with van der Waals surface area (Å²) >= 11 is 0. The SMILES string of the molecule is COC(=O)c1ccccc1NC(=O)COc1c(-c2ccc(OC)c(OC)c2)oc2cc(C)ccc2c1=O. The number of amides is 1. The Balaban J connectivity index is 1.71. The monoisotopic (exact) mass is 503 g/mol. The first kappa shape index (κ1) is 25.3. The highest BCUT2D eigenvalue weighted by Gasteiger charge is 2.21. The number of anilines is 1. The molecule has 1 N–H and O–H groups in total. The maximum absolute atomic E-state index is 13.4. The van der Waals surface area contributed by atoms with E-state index in [0.29, 0.717) is 28.0 Å². The van der Waals surface area contributed by atoms with Crippen molar-refractivity contribution in [3.63, 3.8) is 0 Å². The second-order valence-corrected chi connectivity index (χ2v) is 8.03. The van der Waals surface area contributed by atoms with Gasteiger partial charge in [-0.1, -0.05) is 18.2 Å². The van der Waals surface area contributed by atoms with Gasteiger partial charge in [-0.2, -0.15) is 0 Å². The van der Waals surface area contributed by atoms with Crippen LogP contribution in [0.25, 0.3) is 22.3 Å². The molecule has 0 atom stereocenters. The van der Waals surface area contributed by atoms with Gasteiger partial charge in [0.2, 0.25) is 11.2 Å². The lowest BCUT2D eigenvalue weighted by atomic mass is 10.1. The number of carbonyl (C=O) groups excluding carboxylic acids is 2. The molecule has 4 aromatic rings. The third kappa shape index (κ3) is 5.25. The number of benzene rings is 3. The molecule has 3 aromatic carbocycles. The summed E-state index contributed by atoms with van der Waals surface area (Å²) in [6.07, 6.45) is 0. The number of carbonyl (C=O) groups is 2. The van der Waals surface area contributed by atoms with Crippen molar-refractivity contribution in [3.8, 4) is 28.6 Å². The van der Waals surface area contributed by atoms with Crippen molar-refractivity contribution < 1.29 is 33.0 Å². The van der Waals surface area contributed by atoms with Gasteiger partial charge in [-0.3, -0.25) is 9.59 Å². The van der Waals surface area contributed by atoms with Crippen molar-refractivity contribution in [3.05, 3.63) is 82.0 Å². The zero-order valence-electron chi connectivity index (χ0n) is 20.7. The first-order valence-corrected chi connectivity index (χ1v) is 11.3. The van der Waals surface area contributed by atoms with E-state index >= 15 is 0 Å². The average molecular weight is 504 g/mol. The second-order valence-electron chi connectivity index (χ2n) is 8.03. The predicted octanol–water partition coefficient (Wildman–Crippen LogP) is 4.59. The molecule has 0 saturated heterocycles. The third-order valence-electron chi connectivity index (χ3n) is 5.61. The predicted molar refractivity (Wildman–Crippen MR) is 138 cm³/mol. The Labute approximate surface area is 212 Å². The van der Waals surface area contributed by atoms with E-state index in [9.17, 15) is 14.4 Å². The molecule has 9 heteroatoms. The van der Waals surface area contributed by atoms with Crippen LogP contribution in [-0.4, -0.2) is 39.8 Å². The van der Waals surface area contributed by atoms with Gasteiger partial charge in [0, 0.05) is 5.56 Å². The Hall–Kier alpha value is -4.79. The molecule has 1 heterocycles. The lowest BCUT2D eigenvalue weighted by Gasteiger charge is -2.14. The van der Waals surface area contributed by atoms with Gasteiger partial charge in [0.15, 0.2) is 23.9 Å². The first-order chi connectivity index (χ1) is 17.9. The van der Waals surface area contributed by atoms with Crippen LogP contribution >= 0.6 is 0 Å². The summed E-state index contributed by atoms with van der Waals surface area (Å²) in [6.45, 7) is 1.37. The number of methoxy groups -OCH3 is 3. The van der Waals surface area contributed by atoms with Crippen molar-refractivity contribution in [2.75, 3.05) is 33.3 Å². The molecule has 0 fully saturated rings. The number of para-hydroxylation sites is 1. The quantitative estimate of drug-likeness (QED) is 0.348. The number of hydrogen-bond acceptors (Lipinski definition) is 8.